The van der Waals surface area contributed by atoms with Crippen molar-refractivity contribution in [3.63, 3.8) is 0 Å². The van der Waals surface area contributed by atoms with Crippen molar-refractivity contribution in [2.75, 3.05) is 37.6 Å². The van der Waals surface area contributed by atoms with Crippen LogP contribution in [0.15, 0.2) is 12.4 Å². The van der Waals surface area contributed by atoms with Gasteiger partial charge in [0.05, 0.1) is 18.5 Å². The van der Waals surface area contributed by atoms with Crippen molar-refractivity contribution in [2.24, 2.45) is 0 Å². The molecule has 0 amide bonds. The van der Waals surface area contributed by atoms with Crippen molar-refractivity contribution in [3.8, 4) is 5.88 Å². The number of nitrogens with zero attached hydrogens (tertiary/aromatic N) is 4. The molecule has 0 aromatic carbocycles. The Morgan fingerprint density at radius 1 is 1.17 bits per heavy atom. The maximum atomic E-state index is 9.49. The van der Waals surface area contributed by atoms with Gasteiger partial charge in [-0.25, -0.2) is 0 Å². The second-order valence-corrected chi connectivity index (χ2v) is 6.73. The number of aromatic nitrogens is 2. The highest BCUT2D eigenvalue weighted by atomic mass is 16.5. The predicted molar refractivity (Wildman–Crippen MR) is 89.9 cm³/mol. The van der Waals surface area contributed by atoms with Crippen LogP contribution in [-0.2, 0) is 0 Å². The second kappa shape index (κ2) is 7.93. The van der Waals surface area contributed by atoms with Gasteiger partial charge in [0.1, 0.15) is 6.10 Å². The molecular weight excluding hydrogens is 292 g/mol. The molecule has 1 aromatic heterocycles. The quantitative estimate of drug-likeness (QED) is 0.891. The number of piperazine rings is 1. The van der Waals surface area contributed by atoms with Gasteiger partial charge in [0.25, 0.3) is 0 Å². The van der Waals surface area contributed by atoms with E-state index in [1.165, 1.54) is 19.3 Å². The first-order valence-electron chi connectivity index (χ1n) is 8.85. The Labute approximate surface area is 138 Å². The Bertz CT molecular complexity index is 483. The first-order valence-corrected chi connectivity index (χ1v) is 8.85. The summed E-state index contributed by atoms with van der Waals surface area (Å²) < 4.78 is 6.02. The molecule has 1 atom stereocenters. The Morgan fingerprint density at radius 2 is 1.91 bits per heavy atom. The topological polar surface area (TPSA) is 61.7 Å². The molecule has 23 heavy (non-hydrogen) atoms. The average molecular weight is 320 g/mol. The SMILES string of the molecule is C[C@@H](O)CN1CCN(c2cncc(OC3CCCCC3)n2)CC1. The minimum atomic E-state index is -0.270. The van der Waals surface area contributed by atoms with Gasteiger partial charge in [-0.1, -0.05) is 6.42 Å². The summed E-state index contributed by atoms with van der Waals surface area (Å²) in [5.41, 5.74) is 0. The van der Waals surface area contributed by atoms with E-state index >= 15 is 0 Å². The molecule has 2 fully saturated rings. The van der Waals surface area contributed by atoms with E-state index in [2.05, 4.69) is 19.8 Å². The van der Waals surface area contributed by atoms with Crippen LogP contribution in [0.4, 0.5) is 5.82 Å². The van der Waals surface area contributed by atoms with Crippen LogP contribution in [0.3, 0.4) is 0 Å². The van der Waals surface area contributed by atoms with Crippen LogP contribution in [0.1, 0.15) is 39.0 Å². The largest absolute Gasteiger partial charge is 0.473 e. The molecule has 1 saturated heterocycles. The maximum Gasteiger partial charge on any atom is 0.234 e. The van der Waals surface area contributed by atoms with Gasteiger partial charge in [-0.05, 0) is 32.6 Å². The van der Waals surface area contributed by atoms with E-state index in [1.807, 2.05) is 13.1 Å². The fourth-order valence-electron chi connectivity index (χ4n) is 3.43. The summed E-state index contributed by atoms with van der Waals surface area (Å²) in [5.74, 6) is 1.55. The zero-order chi connectivity index (χ0) is 16.1. The van der Waals surface area contributed by atoms with Crippen LogP contribution in [-0.4, -0.2) is 64.9 Å². The Hall–Kier alpha value is -1.40. The Morgan fingerprint density at radius 3 is 2.61 bits per heavy atom. The minimum Gasteiger partial charge on any atom is -0.473 e. The van der Waals surface area contributed by atoms with E-state index in [0.717, 1.165) is 51.4 Å². The molecule has 0 spiro atoms. The number of hydrogen-bond donors (Lipinski definition) is 1. The van der Waals surface area contributed by atoms with Crippen LogP contribution >= 0.6 is 0 Å². The summed E-state index contributed by atoms with van der Waals surface area (Å²) in [6.07, 6.45) is 9.66. The van der Waals surface area contributed by atoms with Gasteiger partial charge >= 0.3 is 0 Å². The zero-order valence-electron chi connectivity index (χ0n) is 14.0. The summed E-state index contributed by atoms with van der Waals surface area (Å²) >= 11 is 0. The summed E-state index contributed by atoms with van der Waals surface area (Å²) in [7, 11) is 0. The van der Waals surface area contributed by atoms with Crippen molar-refractivity contribution in [2.45, 2.75) is 51.2 Å². The standard InChI is InChI=1S/C17H28N4O2/c1-14(22)13-20-7-9-21(10-8-20)16-11-18-12-17(19-16)23-15-5-3-2-4-6-15/h11-12,14-15,22H,2-10,13H2,1H3/t14-/m1/s1. The van der Waals surface area contributed by atoms with Gasteiger partial charge in [-0.2, -0.15) is 4.98 Å². The van der Waals surface area contributed by atoms with Crippen molar-refractivity contribution >= 4 is 5.82 Å². The molecule has 6 heteroatoms. The van der Waals surface area contributed by atoms with Gasteiger partial charge in [-0.3, -0.25) is 9.88 Å². The van der Waals surface area contributed by atoms with Crippen molar-refractivity contribution in [1.29, 1.82) is 0 Å². The molecule has 3 rings (SSSR count). The lowest BCUT2D eigenvalue weighted by Crippen LogP contribution is -2.48. The second-order valence-electron chi connectivity index (χ2n) is 6.73. The molecule has 6 nitrogen and oxygen atoms in total. The van der Waals surface area contributed by atoms with E-state index in [1.54, 1.807) is 6.20 Å². The number of rotatable bonds is 5. The lowest BCUT2D eigenvalue weighted by molar-refractivity contribution is 0.122. The summed E-state index contributed by atoms with van der Waals surface area (Å²) in [6.45, 7) is 6.29. The number of aliphatic hydroxyl groups is 1. The summed E-state index contributed by atoms with van der Waals surface area (Å²) in [5, 5.41) is 9.49. The third-order valence-corrected chi connectivity index (χ3v) is 4.66. The molecule has 128 valence electrons. The Balaban J connectivity index is 1.55. The molecule has 1 aromatic rings. The number of aliphatic hydroxyl groups excluding tert-OH is 1. The molecule has 0 radical (unpaired) electrons. The normalized spacial score (nSPS) is 22.1. The number of hydrogen-bond acceptors (Lipinski definition) is 6. The van der Waals surface area contributed by atoms with Crippen molar-refractivity contribution in [1.82, 2.24) is 14.9 Å². The monoisotopic (exact) mass is 320 g/mol. The fraction of sp³-hybridized carbons (Fsp3) is 0.765. The summed E-state index contributed by atoms with van der Waals surface area (Å²) in [6, 6.07) is 0. The van der Waals surface area contributed by atoms with E-state index in [-0.39, 0.29) is 6.10 Å². The van der Waals surface area contributed by atoms with E-state index in [4.69, 9.17) is 4.74 Å². The zero-order valence-corrected chi connectivity index (χ0v) is 14.0. The predicted octanol–water partition coefficient (Wildman–Crippen LogP) is 1.69. The molecule has 1 saturated carbocycles. The van der Waals surface area contributed by atoms with E-state index in [0.29, 0.717) is 12.0 Å². The molecule has 2 aliphatic rings. The highest BCUT2D eigenvalue weighted by Crippen LogP contribution is 2.23. The number of anilines is 1. The highest BCUT2D eigenvalue weighted by Gasteiger charge is 2.20. The van der Waals surface area contributed by atoms with Gasteiger partial charge in [0.15, 0.2) is 5.82 Å². The molecule has 1 aliphatic carbocycles. The smallest absolute Gasteiger partial charge is 0.234 e. The van der Waals surface area contributed by atoms with Crippen LogP contribution in [0.5, 0.6) is 5.88 Å². The minimum absolute atomic E-state index is 0.270. The maximum absolute atomic E-state index is 9.49. The van der Waals surface area contributed by atoms with Crippen LogP contribution in [0.2, 0.25) is 0 Å². The third-order valence-electron chi connectivity index (χ3n) is 4.66. The van der Waals surface area contributed by atoms with Crippen LogP contribution in [0, 0.1) is 0 Å². The molecule has 1 N–H and O–H groups in total. The lowest BCUT2D eigenvalue weighted by atomic mass is 9.98. The van der Waals surface area contributed by atoms with E-state index < -0.39 is 0 Å². The Kier molecular flexibility index (Phi) is 5.67. The first kappa shape index (κ1) is 16.5. The average Bonchev–Trinajstić information content (AvgIpc) is 2.56. The van der Waals surface area contributed by atoms with Gasteiger partial charge < -0.3 is 14.7 Å². The molecular formula is C17H28N4O2. The van der Waals surface area contributed by atoms with Crippen molar-refractivity contribution in [3.05, 3.63) is 12.4 Å². The molecule has 2 heterocycles. The highest BCUT2D eigenvalue weighted by molar-refractivity contribution is 5.38. The van der Waals surface area contributed by atoms with Crippen LogP contribution < -0.4 is 9.64 Å². The molecule has 0 bridgehead atoms. The third kappa shape index (κ3) is 4.78. The molecule has 0 unspecified atom stereocenters. The first-order chi connectivity index (χ1) is 11.2. The van der Waals surface area contributed by atoms with Crippen LogP contribution in [0.25, 0.3) is 0 Å². The molecule has 1 aliphatic heterocycles. The number of ether oxygens (including phenoxy) is 1. The van der Waals surface area contributed by atoms with Gasteiger partial charge in [0.2, 0.25) is 5.88 Å². The fourth-order valence-corrected chi connectivity index (χ4v) is 3.43. The summed E-state index contributed by atoms with van der Waals surface area (Å²) in [4.78, 5) is 13.5. The van der Waals surface area contributed by atoms with Gasteiger partial charge in [-0.15, -0.1) is 0 Å². The van der Waals surface area contributed by atoms with Gasteiger partial charge in [0, 0.05) is 32.7 Å². The van der Waals surface area contributed by atoms with E-state index in [9.17, 15) is 5.11 Å². The lowest BCUT2D eigenvalue weighted by Gasteiger charge is -2.35. The van der Waals surface area contributed by atoms with Crippen molar-refractivity contribution < 1.29 is 9.84 Å². The number of β-amino-alcohol motifs (C(OH)–C–C–N with tert-alkyl or cyclic N) is 1.